The van der Waals surface area contributed by atoms with Crippen LogP contribution in [0.4, 0.5) is 5.82 Å². The summed E-state index contributed by atoms with van der Waals surface area (Å²) in [5, 5.41) is 19.1. The number of anilines is 1. The van der Waals surface area contributed by atoms with Gasteiger partial charge in [0, 0.05) is 6.42 Å². The molecule has 0 amide bonds. The lowest BCUT2D eigenvalue weighted by atomic mass is 10.1. The number of aromatic nitrogens is 4. The van der Waals surface area contributed by atoms with Gasteiger partial charge in [-0.1, -0.05) is 0 Å². The zero-order valence-corrected chi connectivity index (χ0v) is 9.97. The molecule has 102 valence electrons. The van der Waals surface area contributed by atoms with Crippen molar-refractivity contribution in [3.63, 3.8) is 0 Å². The zero-order valence-electron chi connectivity index (χ0n) is 9.97. The molecule has 0 unspecified atom stereocenters. The monoisotopic (exact) mass is 266 g/mol. The van der Waals surface area contributed by atoms with Crippen molar-refractivity contribution in [2.45, 2.75) is 24.5 Å². The normalized spacial score (nSPS) is 31.1. The third-order valence-corrected chi connectivity index (χ3v) is 3.24. The van der Waals surface area contributed by atoms with Crippen LogP contribution in [0.25, 0.3) is 11.2 Å². The van der Waals surface area contributed by atoms with E-state index in [1.807, 2.05) is 0 Å². The van der Waals surface area contributed by atoms with Crippen LogP contribution in [0.1, 0.15) is 12.6 Å². The first-order valence-electron chi connectivity index (χ1n) is 5.73. The van der Waals surface area contributed by atoms with E-state index in [0.29, 0.717) is 11.2 Å². The van der Waals surface area contributed by atoms with Gasteiger partial charge < -0.3 is 26.4 Å². The summed E-state index contributed by atoms with van der Waals surface area (Å²) in [5.74, 6) is 0.267. The van der Waals surface area contributed by atoms with E-state index < -0.39 is 18.1 Å². The lowest BCUT2D eigenvalue weighted by Gasteiger charge is -2.20. The molecule has 2 aromatic heterocycles. The first kappa shape index (κ1) is 12.2. The highest BCUT2D eigenvalue weighted by Crippen LogP contribution is 2.34. The fourth-order valence-electron chi connectivity index (χ4n) is 2.21. The molecule has 0 spiro atoms. The topological polar surface area (TPSA) is 145 Å². The highest BCUT2D eigenvalue weighted by molar-refractivity contribution is 5.81. The highest BCUT2D eigenvalue weighted by Gasteiger charge is 2.45. The average Bonchev–Trinajstić information content (AvgIpc) is 2.90. The number of aliphatic hydroxyl groups is 2. The molecule has 0 radical (unpaired) electrons. The quantitative estimate of drug-likeness (QED) is 0.472. The van der Waals surface area contributed by atoms with Gasteiger partial charge in [0.15, 0.2) is 11.5 Å². The van der Waals surface area contributed by atoms with E-state index in [2.05, 4.69) is 15.0 Å². The van der Waals surface area contributed by atoms with Gasteiger partial charge in [0.05, 0.1) is 12.9 Å². The van der Waals surface area contributed by atoms with Gasteiger partial charge in [-0.3, -0.25) is 4.57 Å². The molecule has 1 fully saturated rings. The number of rotatable bonds is 2. The maximum absolute atomic E-state index is 9.95. The molecule has 0 saturated carbocycles. The fraction of sp³-hybridized carbons (Fsp3) is 0.500. The van der Waals surface area contributed by atoms with E-state index in [-0.39, 0.29) is 18.8 Å². The predicted octanol–water partition coefficient (Wildman–Crippen LogP) is -1.66. The van der Waals surface area contributed by atoms with Gasteiger partial charge >= 0.3 is 0 Å². The van der Waals surface area contributed by atoms with E-state index in [9.17, 15) is 5.11 Å². The van der Waals surface area contributed by atoms with E-state index >= 15 is 0 Å². The first-order valence-corrected chi connectivity index (χ1v) is 5.73. The number of aliphatic hydroxyl groups excluding tert-OH is 1. The summed E-state index contributed by atoms with van der Waals surface area (Å²) in [6.07, 6.45) is 1.52. The molecule has 0 aliphatic carbocycles. The van der Waals surface area contributed by atoms with Crippen LogP contribution in [0.2, 0.25) is 0 Å². The first-order chi connectivity index (χ1) is 9.03. The van der Waals surface area contributed by atoms with Crippen molar-refractivity contribution in [3.05, 3.63) is 12.7 Å². The molecule has 1 aliphatic rings. The van der Waals surface area contributed by atoms with Gasteiger partial charge in [-0.25, -0.2) is 15.0 Å². The minimum Gasteiger partial charge on any atom is -0.393 e. The minimum atomic E-state index is -1.59. The van der Waals surface area contributed by atoms with Crippen molar-refractivity contribution in [2.75, 3.05) is 12.3 Å². The summed E-state index contributed by atoms with van der Waals surface area (Å²) in [6, 6.07) is 0. The average molecular weight is 266 g/mol. The zero-order chi connectivity index (χ0) is 13.6. The second-order valence-electron chi connectivity index (χ2n) is 4.54. The summed E-state index contributed by atoms with van der Waals surface area (Å²) in [5.41, 5.74) is 10.7. The number of hydrogen-bond acceptors (Lipinski definition) is 8. The molecular formula is C10H14N6O3. The molecule has 3 atom stereocenters. The van der Waals surface area contributed by atoms with Crippen molar-refractivity contribution in [3.8, 4) is 0 Å². The van der Waals surface area contributed by atoms with Crippen molar-refractivity contribution in [2.24, 2.45) is 5.73 Å². The van der Waals surface area contributed by atoms with Gasteiger partial charge in [0.25, 0.3) is 0 Å². The molecule has 19 heavy (non-hydrogen) atoms. The maximum Gasteiger partial charge on any atom is 0.167 e. The van der Waals surface area contributed by atoms with Crippen LogP contribution in [0.3, 0.4) is 0 Å². The smallest absolute Gasteiger partial charge is 0.167 e. The fourth-order valence-corrected chi connectivity index (χ4v) is 2.21. The van der Waals surface area contributed by atoms with E-state index in [4.69, 9.17) is 21.3 Å². The van der Waals surface area contributed by atoms with Crippen LogP contribution in [0.15, 0.2) is 12.7 Å². The van der Waals surface area contributed by atoms with Crippen LogP contribution >= 0.6 is 0 Å². The number of fused-ring (bicyclic) bond motifs is 1. The summed E-state index contributed by atoms with van der Waals surface area (Å²) >= 11 is 0. The van der Waals surface area contributed by atoms with Gasteiger partial charge in [0.1, 0.15) is 29.9 Å². The lowest BCUT2D eigenvalue weighted by molar-refractivity contribution is -0.0787. The molecule has 3 rings (SSSR count). The van der Waals surface area contributed by atoms with E-state index in [1.165, 1.54) is 12.7 Å². The number of hydrogen-bond donors (Lipinski definition) is 4. The maximum atomic E-state index is 9.95. The van der Waals surface area contributed by atoms with Gasteiger partial charge in [-0.15, -0.1) is 0 Å². The molecule has 0 bridgehead atoms. The minimum absolute atomic E-state index is 0.119. The molecule has 1 saturated heterocycles. The Kier molecular flexibility index (Phi) is 2.64. The second kappa shape index (κ2) is 4.10. The number of nitrogens with two attached hydrogens (primary N) is 2. The molecule has 9 heteroatoms. The summed E-state index contributed by atoms with van der Waals surface area (Å²) in [4.78, 5) is 12.0. The molecule has 3 heterocycles. The Hall–Kier alpha value is -1.81. The lowest BCUT2D eigenvalue weighted by Crippen LogP contribution is -2.48. The molecule has 0 aromatic carbocycles. The largest absolute Gasteiger partial charge is 0.393 e. The summed E-state index contributed by atoms with van der Waals surface area (Å²) in [6.45, 7) is -0.368. The highest BCUT2D eigenvalue weighted by atomic mass is 16.5. The number of nitrogen functional groups attached to an aromatic ring is 1. The third kappa shape index (κ3) is 1.83. The molecule has 1 aliphatic heterocycles. The number of ether oxygens (including phenoxy) is 1. The molecule has 9 nitrogen and oxygen atoms in total. The van der Waals surface area contributed by atoms with Crippen molar-refractivity contribution < 1.29 is 14.9 Å². The van der Waals surface area contributed by atoms with E-state index in [0.717, 1.165) is 0 Å². The molecule has 6 N–H and O–H groups in total. The van der Waals surface area contributed by atoms with Crippen LogP contribution in [-0.2, 0) is 4.74 Å². The van der Waals surface area contributed by atoms with Gasteiger partial charge in [-0.2, -0.15) is 0 Å². The Morgan fingerprint density at radius 2 is 2.26 bits per heavy atom. The Labute approximate surface area is 107 Å². The third-order valence-electron chi connectivity index (χ3n) is 3.24. The van der Waals surface area contributed by atoms with Gasteiger partial charge in [0.2, 0.25) is 0 Å². The Balaban J connectivity index is 2.00. The van der Waals surface area contributed by atoms with Crippen molar-refractivity contribution in [1.82, 2.24) is 19.5 Å². The standard InChI is InChI=1S/C10H14N6O3/c11-8-7-9(14-3-13-8)16(4-15-7)6-1-10(12,18)5(2-17)19-6/h3-6,17-18H,1-2,12H2,(H2,11,13,14)/t5-,6-,10+/m1/s1. The Morgan fingerprint density at radius 1 is 1.47 bits per heavy atom. The second-order valence-corrected chi connectivity index (χ2v) is 4.54. The van der Waals surface area contributed by atoms with Crippen LogP contribution in [0.5, 0.6) is 0 Å². The number of imidazole rings is 1. The predicted molar refractivity (Wildman–Crippen MR) is 64.5 cm³/mol. The SMILES string of the molecule is Nc1ncnc2c1ncn2[C@H]1C[C@](N)(O)[C@@H](CO)O1. The number of nitrogens with zero attached hydrogens (tertiary/aromatic N) is 4. The van der Waals surface area contributed by atoms with Crippen LogP contribution in [-0.4, -0.2) is 48.2 Å². The Morgan fingerprint density at radius 3 is 2.95 bits per heavy atom. The van der Waals surface area contributed by atoms with Crippen LogP contribution in [0, 0.1) is 0 Å². The van der Waals surface area contributed by atoms with Crippen molar-refractivity contribution in [1.29, 1.82) is 0 Å². The summed E-state index contributed by atoms with van der Waals surface area (Å²) < 4.78 is 7.13. The van der Waals surface area contributed by atoms with Crippen molar-refractivity contribution >= 4 is 17.0 Å². The summed E-state index contributed by atoms with van der Waals surface area (Å²) in [7, 11) is 0. The van der Waals surface area contributed by atoms with Crippen LogP contribution < -0.4 is 11.5 Å². The molecule has 2 aromatic rings. The van der Waals surface area contributed by atoms with Gasteiger partial charge in [-0.05, 0) is 0 Å². The molecular weight excluding hydrogens is 252 g/mol. The van der Waals surface area contributed by atoms with E-state index in [1.54, 1.807) is 4.57 Å². The Bertz CT molecular complexity index is 612.